The number of benzene rings is 1. The second-order valence-electron chi connectivity index (χ2n) is 6.54. The van der Waals surface area contributed by atoms with E-state index in [1.54, 1.807) is 0 Å². The van der Waals surface area contributed by atoms with E-state index in [0.717, 1.165) is 6.42 Å². The molecule has 1 heterocycles. The van der Waals surface area contributed by atoms with Crippen molar-refractivity contribution in [3.8, 4) is 5.75 Å². The first-order valence-corrected chi connectivity index (χ1v) is 9.15. The van der Waals surface area contributed by atoms with Crippen molar-refractivity contribution in [2.24, 2.45) is 0 Å². The highest BCUT2D eigenvalue weighted by molar-refractivity contribution is 5.96. The summed E-state index contributed by atoms with van der Waals surface area (Å²) in [5.41, 5.74) is 4.27. The first-order valence-electron chi connectivity index (χ1n) is 9.15. The number of H-pyrrole nitrogens is 1. The van der Waals surface area contributed by atoms with Crippen LogP contribution in [0.25, 0.3) is 0 Å². The van der Waals surface area contributed by atoms with Gasteiger partial charge in [0.25, 0.3) is 11.2 Å². The summed E-state index contributed by atoms with van der Waals surface area (Å²) in [6.07, 6.45) is 1.50. The minimum atomic E-state index is -0.726. The lowest BCUT2D eigenvalue weighted by atomic mass is 10.2. The third kappa shape index (κ3) is 4.96. The number of anilines is 3. The number of ether oxygens (including phenoxy) is 1. The van der Waals surface area contributed by atoms with Crippen LogP contribution < -0.4 is 31.9 Å². The quantitative estimate of drug-likeness (QED) is 0.398. The number of rotatable bonds is 9. The van der Waals surface area contributed by atoms with Crippen LogP contribution in [0.1, 0.15) is 19.8 Å². The SMILES string of the molecule is CCCCn1c(N)c(N(C)CC(=O)Nc2ccc(OC)cc2[N+](=O)[O-])c(=O)[nH]c1=O. The number of nitrogens with two attached hydrogens (primary N) is 1. The molecule has 0 aliphatic carbocycles. The van der Waals surface area contributed by atoms with Gasteiger partial charge in [0, 0.05) is 13.6 Å². The summed E-state index contributed by atoms with van der Waals surface area (Å²) in [6.45, 7) is 1.94. The van der Waals surface area contributed by atoms with Crippen molar-refractivity contribution in [2.45, 2.75) is 26.3 Å². The van der Waals surface area contributed by atoms with E-state index in [0.29, 0.717) is 13.0 Å². The van der Waals surface area contributed by atoms with Gasteiger partial charge in [-0.3, -0.25) is 29.3 Å². The normalized spacial score (nSPS) is 10.5. The number of nitrogens with one attached hydrogen (secondary N) is 2. The van der Waals surface area contributed by atoms with Crippen molar-refractivity contribution >= 4 is 28.8 Å². The van der Waals surface area contributed by atoms with Crippen LogP contribution in [-0.4, -0.2) is 41.1 Å². The van der Waals surface area contributed by atoms with Crippen LogP contribution in [0.5, 0.6) is 5.75 Å². The van der Waals surface area contributed by atoms with Gasteiger partial charge in [-0.05, 0) is 18.6 Å². The minimum Gasteiger partial charge on any atom is -0.496 e. The van der Waals surface area contributed by atoms with Gasteiger partial charge >= 0.3 is 5.69 Å². The van der Waals surface area contributed by atoms with Gasteiger partial charge in [0.15, 0.2) is 0 Å². The number of nitrogens with zero attached hydrogens (tertiary/aromatic N) is 3. The molecule has 0 atom stereocenters. The molecule has 4 N–H and O–H groups in total. The van der Waals surface area contributed by atoms with E-state index < -0.39 is 22.1 Å². The number of amides is 1. The zero-order valence-corrected chi connectivity index (χ0v) is 16.9. The summed E-state index contributed by atoms with van der Waals surface area (Å²) in [6, 6.07) is 4.01. The molecular weight excluding hydrogens is 396 g/mol. The van der Waals surface area contributed by atoms with E-state index in [1.807, 2.05) is 6.92 Å². The number of nitro benzene ring substituents is 1. The van der Waals surface area contributed by atoms with Crippen LogP contribution in [0.4, 0.5) is 22.9 Å². The number of nitrogen functional groups attached to an aromatic ring is 1. The Morgan fingerprint density at radius 1 is 1.40 bits per heavy atom. The Hall–Kier alpha value is -3.83. The molecule has 0 saturated heterocycles. The third-order valence-electron chi connectivity index (χ3n) is 4.39. The number of nitro groups is 1. The molecule has 0 fully saturated rings. The second-order valence-corrected chi connectivity index (χ2v) is 6.54. The summed E-state index contributed by atoms with van der Waals surface area (Å²) in [4.78, 5) is 50.8. The highest BCUT2D eigenvalue weighted by atomic mass is 16.6. The van der Waals surface area contributed by atoms with Crippen LogP contribution in [-0.2, 0) is 11.3 Å². The largest absolute Gasteiger partial charge is 0.496 e. The summed E-state index contributed by atoms with van der Waals surface area (Å²) in [5, 5.41) is 13.7. The van der Waals surface area contributed by atoms with E-state index in [4.69, 9.17) is 10.5 Å². The van der Waals surface area contributed by atoms with E-state index in [-0.39, 0.29) is 35.2 Å². The van der Waals surface area contributed by atoms with E-state index in [2.05, 4.69) is 10.3 Å². The first-order chi connectivity index (χ1) is 14.2. The molecule has 1 aromatic carbocycles. The second kappa shape index (κ2) is 9.58. The van der Waals surface area contributed by atoms with Crippen molar-refractivity contribution in [3.05, 3.63) is 49.2 Å². The Morgan fingerprint density at radius 2 is 2.10 bits per heavy atom. The van der Waals surface area contributed by atoms with Gasteiger partial charge < -0.3 is 20.7 Å². The molecule has 12 heteroatoms. The summed E-state index contributed by atoms with van der Waals surface area (Å²) >= 11 is 0. The average Bonchev–Trinajstić information content (AvgIpc) is 2.67. The fraction of sp³-hybridized carbons (Fsp3) is 0.389. The van der Waals surface area contributed by atoms with Gasteiger partial charge in [-0.2, -0.15) is 0 Å². The Morgan fingerprint density at radius 3 is 2.70 bits per heavy atom. The number of carbonyl (C=O) groups is 1. The van der Waals surface area contributed by atoms with Gasteiger partial charge in [0.05, 0.1) is 24.6 Å². The van der Waals surface area contributed by atoms with Gasteiger partial charge in [0.2, 0.25) is 5.91 Å². The Labute approximate surface area is 171 Å². The van der Waals surface area contributed by atoms with Crippen molar-refractivity contribution in [1.82, 2.24) is 9.55 Å². The Kier molecular flexibility index (Phi) is 7.17. The topological polar surface area (TPSA) is 166 Å². The van der Waals surface area contributed by atoms with Gasteiger partial charge in [-0.1, -0.05) is 13.3 Å². The lowest BCUT2D eigenvalue weighted by molar-refractivity contribution is -0.384. The van der Waals surface area contributed by atoms with Crippen molar-refractivity contribution in [2.75, 3.05) is 36.7 Å². The van der Waals surface area contributed by atoms with Gasteiger partial charge in [-0.15, -0.1) is 0 Å². The summed E-state index contributed by atoms with van der Waals surface area (Å²) in [5.74, 6) is -0.399. The first kappa shape index (κ1) is 22.5. The lowest BCUT2D eigenvalue weighted by Gasteiger charge is -2.21. The zero-order chi connectivity index (χ0) is 22.4. The predicted molar refractivity (Wildman–Crippen MR) is 112 cm³/mol. The summed E-state index contributed by atoms with van der Waals surface area (Å²) < 4.78 is 6.20. The van der Waals surface area contributed by atoms with Crippen LogP contribution in [0, 0.1) is 10.1 Å². The molecule has 2 aromatic rings. The number of unbranched alkanes of at least 4 members (excludes halogenated alkanes) is 1. The molecule has 0 radical (unpaired) electrons. The average molecular weight is 420 g/mol. The Bertz CT molecular complexity index is 1060. The molecule has 1 amide bonds. The van der Waals surface area contributed by atoms with E-state index in [9.17, 15) is 24.5 Å². The fourth-order valence-corrected chi connectivity index (χ4v) is 2.86. The summed E-state index contributed by atoms with van der Waals surface area (Å²) in [7, 11) is 2.83. The third-order valence-corrected chi connectivity index (χ3v) is 4.39. The Balaban J connectivity index is 2.26. The zero-order valence-electron chi connectivity index (χ0n) is 16.9. The highest BCUT2D eigenvalue weighted by Gasteiger charge is 2.21. The monoisotopic (exact) mass is 420 g/mol. The molecule has 0 aliphatic heterocycles. The molecule has 30 heavy (non-hydrogen) atoms. The number of methoxy groups -OCH3 is 1. The van der Waals surface area contributed by atoms with Gasteiger partial charge in [-0.25, -0.2) is 4.79 Å². The molecule has 1 aromatic heterocycles. The number of likely N-dealkylation sites (N-methyl/N-ethyl adjacent to an activating group) is 1. The molecule has 0 unspecified atom stereocenters. The van der Waals surface area contributed by atoms with Crippen molar-refractivity contribution in [3.63, 3.8) is 0 Å². The number of aromatic amines is 1. The smallest absolute Gasteiger partial charge is 0.330 e. The molecule has 0 saturated carbocycles. The predicted octanol–water partition coefficient (Wildman–Crippen LogP) is 0.911. The maximum absolute atomic E-state index is 12.4. The number of aromatic nitrogens is 2. The lowest BCUT2D eigenvalue weighted by Crippen LogP contribution is -2.39. The number of hydrogen-bond donors (Lipinski definition) is 3. The molecule has 0 aliphatic rings. The number of hydrogen-bond acceptors (Lipinski definition) is 8. The maximum atomic E-state index is 12.4. The van der Waals surface area contributed by atoms with E-state index in [1.165, 1.54) is 41.8 Å². The van der Waals surface area contributed by atoms with Crippen LogP contribution >= 0.6 is 0 Å². The molecule has 0 spiro atoms. The maximum Gasteiger partial charge on any atom is 0.330 e. The fourth-order valence-electron chi connectivity index (χ4n) is 2.86. The van der Waals surface area contributed by atoms with Crippen molar-refractivity contribution < 1.29 is 14.5 Å². The number of carbonyl (C=O) groups excluding carboxylic acids is 1. The van der Waals surface area contributed by atoms with Crippen LogP contribution in [0.15, 0.2) is 27.8 Å². The van der Waals surface area contributed by atoms with Crippen LogP contribution in [0.3, 0.4) is 0 Å². The van der Waals surface area contributed by atoms with E-state index >= 15 is 0 Å². The molecule has 2 rings (SSSR count). The molecule has 162 valence electrons. The van der Waals surface area contributed by atoms with Gasteiger partial charge in [0.1, 0.15) is 22.9 Å². The van der Waals surface area contributed by atoms with Crippen molar-refractivity contribution in [1.29, 1.82) is 0 Å². The molecule has 0 bridgehead atoms. The highest BCUT2D eigenvalue weighted by Crippen LogP contribution is 2.29. The molecule has 12 nitrogen and oxygen atoms in total. The van der Waals surface area contributed by atoms with Crippen LogP contribution in [0.2, 0.25) is 0 Å². The minimum absolute atomic E-state index is 0.0194. The molecular formula is C18H24N6O6. The standard InChI is InChI=1S/C18H24N6O6/c1-4-5-8-23-16(19)15(17(26)21-18(23)27)22(2)10-14(25)20-12-7-6-11(30-3)9-13(12)24(28)29/h6-7,9H,4-5,8,10,19H2,1-3H3,(H,20,25)(H,21,26,27).